The van der Waals surface area contributed by atoms with Crippen molar-refractivity contribution in [3.63, 3.8) is 0 Å². The molecule has 0 bridgehead atoms. The van der Waals surface area contributed by atoms with Crippen molar-refractivity contribution < 1.29 is 9.18 Å². The fourth-order valence-electron chi connectivity index (χ4n) is 3.37. The van der Waals surface area contributed by atoms with E-state index >= 15 is 0 Å². The summed E-state index contributed by atoms with van der Waals surface area (Å²) < 4.78 is 13.6. The van der Waals surface area contributed by atoms with Crippen molar-refractivity contribution in [2.45, 2.75) is 25.3 Å². The normalized spacial score (nSPS) is 18.0. The van der Waals surface area contributed by atoms with Crippen molar-refractivity contribution in [2.24, 2.45) is 0 Å². The summed E-state index contributed by atoms with van der Waals surface area (Å²) in [4.78, 5) is 14.9. The summed E-state index contributed by atoms with van der Waals surface area (Å²) in [6, 6.07) is 11.8. The lowest BCUT2D eigenvalue weighted by Gasteiger charge is -2.36. The minimum Gasteiger partial charge on any atom is -0.332 e. The van der Waals surface area contributed by atoms with Crippen LogP contribution in [0.4, 0.5) is 4.39 Å². The average Bonchev–Trinajstić information content (AvgIpc) is 3.09. The largest absolute Gasteiger partial charge is 0.332 e. The number of likely N-dealkylation sites (tertiary alicyclic amines) is 1. The summed E-state index contributed by atoms with van der Waals surface area (Å²) >= 11 is 0. The fourth-order valence-corrected chi connectivity index (χ4v) is 3.37. The number of hydrogen-bond acceptors (Lipinski definition) is 3. The zero-order chi connectivity index (χ0) is 16.5. The van der Waals surface area contributed by atoms with Crippen molar-refractivity contribution in [1.82, 2.24) is 20.3 Å². The minimum atomic E-state index is -0.269. The van der Waals surface area contributed by atoms with Gasteiger partial charge in [-0.1, -0.05) is 12.1 Å². The maximum Gasteiger partial charge on any atom is 0.254 e. The highest BCUT2D eigenvalue weighted by Crippen LogP contribution is 2.32. The Labute approximate surface area is 138 Å². The third kappa shape index (κ3) is 2.64. The first kappa shape index (κ1) is 14.8. The molecule has 0 saturated carbocycles. The van der Waals surface area contributed by atoms with Crippen LogP contribution in [0.25, 0.3) is 11.0 Å². The molecular formula is C18H17FN4O. The van der Waals surface area contributed by atoms with Crippen LogP contribution in [0.15, 0.2) is 42.5 Å². The number of carbonyl (C=O) groups is 1. The number of aromatic amines is 1. The van der Waals surface area contributed by atoms with Crippen LogP contribution in [-0.2, 0) is 0 Å². The smallest absolute Gasteiger partial charge is 0.254 e. The second-order valence-corrected chi connectivity index (χ2v) is 6.09. The molecule has 122 valence electrons. The van der Waals surface area contributed by atoms with Gasteiger partial charge in [0.25, 0.3) is 5.91 Å². The third-order valence-corrected chi connectivity index (χ3v) is 4.56. The number of carbonyl (C=O) groups excluding carboxylic acids is 1. The van der Waals surface area contributed by atoms with E-state index in [9.17, 15) is 9.18 Å². The molecule has 24 heavy (non-hydrogen) atoms. The summed E-state index contributed by atoms with van der Waals surface area (Å²) in [6.45, 7) is 0.677. The summed E-state index contributed by atoms with van der Waals surface area (Å²) in [6.07, 6.45) is 2.85. The number of fused-ring (bicyclic) bond motifs is 1. The van der Waals surface area contributed by atoms with Gasteiger partial charge in [-0.3, -0.25) is 4.79 Å². The minimum absolute atomic E-state index is 0.0474. The molecule has 1 saturated heterocycles. The van der Waals surface area contributed by atoms with Gasteiger partial charge in [-0.05, 0) is 55.2 Å². The second kappa shape index (κ2) is 6.03. The Hall–Kier alpha value is -2.76. The molecule has 6 heteroatoms. The highest BCUT2D eigenvalue weighted by Gasteiger charge is 2.29. The number of rotatable bonds is 2. The van der Waals surface area contributed by atoms with Crippen LogP contribution in [0.2, 0.25) is 0 Å². The maximum atomic E-state index is 13.6. The van der Waals surface area contributed by atoms with Crippen molar-refractivity contribution in [3.8, 4) is 0 Å². The van der Waals surface area contributed by atoms with Gasteiger partial charge < -0.3 is 4.90 Å². The monoisotopic (exact) mass is 324 g/mol. The fraction of sp³-hybridized carbons (Fsp3) is 0.278. The van der Waals surface area contributed by atoms with Crippen LogP contribution in [0.3, 0.4) is 0 Å². The van der Waals surface area contributed by atoms with Crippen LogP contribution in [0.5, 0.6) is 0 Å². The molecule has 0 spiro atoms. The molecule has 0 aliphatic carbocycles. The number of piperidine rings is 1. The van der Waals surface area contributed by atoms with E-state index in [1.807, 2.05) is 11.0 Å². The molecule has 1 aromatic heterocycles. The zero-order valence-electron chi connectivity index (χ0n) is 13.1. The van der Waals surface area contributed by atoms with Gasteiger partial charge in [0, 0.05) is 12.1 Å². The Bertz CT molecular complexity index is 891. The molecule has 1 N–H and O–H groups in total. The molecule has 2 aromatic carbocycles. The molecule has 2 heterocycles. The second-order valence-electron chi connectivity index (χ2n) is 6.09. The lowest BCUT2D eigenvalue weighted by Crippen LogP contribution is -2.38. The molecule has 4 rings (SSSR count). The van der Waals surface area contributed by atoms with E-state index in [0.29, 0.717) is 17.6 Å². The number of aromatic nitrogens is 3. The number of nitrogens with zero attached hydrogens (tertiary/aromatic N) is 3. The van der Waals surface area contributed by atoms with Crippen LogP contribution in [-0.4, -0.2) is 32.8 Å². The van der Waals surface area contributed by atoms with Gasteiger partial charge >= 0.3 is 0 Å². The highest BCUT2D eigenvalue weighted by molar-refractivity contribution is 5.97. The number of benzene rings is 2. The predicted molar refractivity (Wildman–Crippen MR) is 87.9 cm³/mol. The highest BCUT2D eigenvalue weighted by atomic mass is 19.1. The Balaban J connectivity index is 1.67. The molecule has 1 atom stereocenters. The van der Waals surface area contributed by atoms with Gasteiger partial charge in [-0.2, -0.15) is 15.4 Å². The number of amides is 1. The number of hydrogen-bond donors (Lipinski definition) is 1. The summed E-state index contributed by atoms with van der Waals surface area (Å²) in [5, 5.41) is 10.6. The van der Waals surface area contributed by atoms with E-state index in [4.69, 9.17) is 0 Å². The zero-order valence-corrected chi connectivity index (χ0v) is 13.1. The molecule has 1 aliphatic heterocycles. The molecule has 3 aromatic rings. The Morgan fingerprint density at radius 1 is 1.12 bits per heavy atom. The lowest BCUT2D eigenvalue weighted by atomic mass is 9.94. The maximum absolute atomic E-state index is 13.6. The molecule has 0 unspecified atom stereocenters. The van der Waals surface area contributed by atoms with Gasteiger partial charge in [-0.15, -0.1) is 0 Å². The topological polar surface area (TPSA) is 61.9 Å². The van der Waals surface area contributed by atoms with E-state index in [0.717, 1.165) is 30.3 Å². The Morgan fingerprint density at radius 2 is 2.00 bits per heavy atom. The van der Waals surface area contributed by atoms with Gasteiger partial charge in [-0.25, -0.2) is 4.39 Å². The molecule has 1 aliphatic rings. The quantitative estimate of drug-likeness (QED) is 0.785. The summed E-state index contributed by atoms with van der Waals surface area (Å²) in [5.74, 6) is -0.316. The molecule has 1 fully saturated rings. The third-order valence-electron chi connectivity index (χ3n) is 4.56. The first-order valence-electron chi connectivity index (χ1n) is 8.09. The lowest BCUT2D eigenvalue weighted by molar-refractivity contribution is 0.0611. The Kier molecular flexibility index (Phi) is 3.72. The number of halogens is 1. The summed E-state index contributed by atoms with van der Waals surface area (Å²) in [5.41, 5.74) is 2.83. The van der Waals surface area contributed by atoms with Crippen LogP contribution >= 0.6 is 0 Å². The molecule has 5 nitrogen and oxygen atoms in total. The van der Waals surface area contributed by atoms with E-state index in [-0.39, 0.29) is 17.8 Å². The van der Waals surface area contributed by atoms with Crippen LogP contribution in [0, 0.1) is 5.82 Å². The van der Waals surface area contributed by atoms with E-state index in [1.165, 1.54) is 12.1 Å². The van der Waals surface area contributed by atoms with E-state index in [2.05, 4.69) is 15.4 Å². The van der Waals surface area contributed by atoms with Crippen molar-refractivity contribution in [3.05, 3.63) is 59.4 Å². The van der Waals surface area contributed by atoms with Gasteiger partial charge in [0.2, 0.25) is 0 Å². The standard InChI is InChI=1S/C18H17FN4O/c19-14-5-3-4-12(10-14)17-6-1-2-9-23(17)18(24)13-7-8-15-16(11-13)21-22-20-15/h3-5,7-8,10-11,17H,1-2,6,9H2,(H,20,21,22)/t17-/m0/s1. The van der Waals surface area contributed by atoms with Crippen molar-refractivity contribution in [2.75, 3.05) is 6.54 Å². The predicted octanol–water partition coefficient (Wildman–Crippen LogP) is 3.46. The SMILES string of the molecule is O=C(c1ccc2n[nH]nc2c1)N1CCCC[C@H]1c1cccc(F)c1. The molecule has 1 amide bonds. The Morgan fingerprint density at radius 3 is 2.88 bits per heavy atom. The first-order chi connectivity index (χ1) is 11.7. The van der Waals surface area contributed by atoms with Crippen molar-refractivity contribution >= 4 is 16.9 Å². The van der Waals surface area contributed by atoms with Crippen LogP contribution in [0.1, 0.15) is 41.2 Å². The van der Waals surface area contributed by atoms with Crippen LogP contribution < -0.4 is 0 Å². The molecule has 0 radical (unpaired) electrons. The summed E-state index contributed by atoms with van der Waals surface area (Å²) in [7, 11) is 0. The number of nitrogens with one attached hydrogen (secondary N) is 1. The van der Waals surface area contributed by atoms with Gasteiger partial charge in [0.1, 0.15) is 16.9 Å². The first-order valence-corrected chi connectivity index (χ1v) is 8.09. The average molecular weight is 324 g/mol. The van der Waals surface area contributed by atoms with E-state index < -0.39 is 0 Å². The van der Waals surface area contributed by atoms with Crippen molar-refractivity contribution in [1.29, 1.82) is 0 Å². The number of H-pyrrole nitrogens is 1. The van der Waals surface area contributed by atoms with Gasteiger partial charge in [0.15, 0.2) is 0 Å². The van der Waals surface area contributed by atoms with E-state index in [1.54, 1.807) is 24.3 Å². The molecular weight excluding hydrogens is 307 g/mol. The van der Waals surface area contributed by atoms with Gasteiger partial charge in [0.05, 0.1) is 6.04 Å².